The first-order valence-electron chi connectivity index (χ1n) is 5.59. The van der Waals surface area contributed by atoms with Gasteiger partial charge in [0.15, 0.2) is 0 Å². The molecule has 1 aromatic heterocycles. The zero-order valence-corrected chi connectivity index (χ0v) is 9.54. The first kappa shape index (κ1) is 11.5. The zero-order valence-electron chi connectivity index (χ0n) is 9.54. The quantitative estimate of drug-likeness (QED) is 0.765. The fourth-order valence-corrected chi connectivity index (χ4v) is 1.40. The van der Waals surface area contributed by atoms with Crippen molar-refractivity contribution in [1.82, 2.24) is 15.3 Å². The van der Waals surface area contributed by atoms with Gasteiger partial charge < -0.3 is 10.1 Å². The third-order valence-electron chi connectivity index (χ3n) is 2.22. The third-order valence-corrected chi connectivity index (χ3v) is 2.22. The highest BCUT2D eigenvalue weighted by molar-refractivity contribution is 5.14. The highest BCUT2D eigenvalue weighted by atomic mass is 16.5. The van der Waals surface area contributed by atoms with Gasteiger partial charge in [-0.15, -0.1) is 0 Å². The Morgan fingerprint density at radius 2 is 1.76 bits per heavy atom. The molecule has 0 spiro atoms. The van der Waals surface area contributed by atoms with Gasteiger partial charge in [-0.25, -0.2) is 9.97 Å². The summed E-state index contributed by atoms with van der Waals surface area (Å²) in [6.07, 6.45) is 3.33. The highest BCUT2D eigenvalue weighted by Crippen LogP contribution is 1.98. The maximum atomic E-state index is 5.36. The molecule has 0 aliphatic heterocycles. The Bertz CT molecular complexity index is 378. The van der Waals surface area contributed by atoms with Crippen LogP contribution in [0.1, 0.15) is 5.56 Å². The molecule has 0 aliphatic carbocycles. The van der Waals surface area contributed by atoms with Crippen molar-refractivity contribution in [1.29, 1.82) is 0 Å². The monoisotopic (exact) mass is 229 g/mol. The molecule has 0 aliphatic rings. The van der Waals surface area contributed by atoms with Crippen molar-refractivity contribution in [3.63, 3.8) is 0 Å². The molecular weight excluding hydrogens is 214 g/mol. The summed E-state index contributed by atoms with van der Waals surface area (Å²) >= 11 is 0. The second-order valence-corrected chi connectivity index (χ2v) is 3.54. The second-order valence-electron chi connectivity index (χ2n) is 3.54. The molecule has 0 unspecified atom stereocenters. The SMILES string of the molecule is c1ccc(CNCCOc2ncccn2)cc1. The van der Waals surface area contributed by atoms with Crippen molar-refractivity contribution in [3.8, 4) is 6.01 Å². The van der Waals surface area contributed by atoms with E-state index in [1.807, 2.05) is 18.2 Å². The standard InChI is InChI=1S/C13H15N3O/c1-2-5-12(6-3-1)11-14-9-10-17-13-15-7-4-8-16-13/h1-8,14H,9-11H2. The number of nitrogens with zero attached hydrogens (tertiary/aromatic N) is 2. The predicted octanol–water partition coefficient (Wildman–Crippen LogP) is 1.65. The van der Waals surface area contributed by atoms with Gasteiger partial charge in [-0.05, 0) is 11.6 Å². The Hall–Kier alpha value is -1.94. The minimum Gasteiger partial charge on any atom is -0.462 e. The van der Waals surface area contributed by atoms with Crippen LogP contribution in [0, 0.1) is 0 Å². The van der Waals surface area contributed by atoms with E-state index in [-0.39, 0.29) is 0 Å². The highest BCUT2D eigenvalue weighted by Gasteiger charge is 1.94. The number of ether oxygens (including phenoxy) is 1. The summed E-state index contributed by atoms with van der Waals surface area (Å²) in [7, 11) is 0. The van der Waals surface area contributed by atoms with Crippen LogP contribution in [-0.2, 0) is 6.54 Å². The smallest absolute Gasteiger partial charge is 0.316 e. The Kier molecular flexibility index (Phi) is 4.48. The molecule has 0 fully saturated rings. The van der Waals surface area contributed by atoms with Crippen LogP contribution < -0.4 is 10.1 Å². The Morgan fingerprint density at radius 3 is 2.53 bits per heavy atom. The lowest BCUT2D eigenvalue weighted by molar-refractivity contribution is 0.289. The summed E-state index contributed by atoms with van der Waals surface area (Å²) in [5, 5.41) is 3.29. The summed E-state index contributed by atoms with van der Waals surface area (Å²) in [5.41, 5.74) is 1.27. The Labute approximate surface area is 101 Å². The van der Waals surface area contributed by atoms with Crippen molar-refractivity contribution in [3.05, 3.63) is 54.4 Å². The lowest BCUT2D eigenvalue weighted by Crippen LogP contribution is -2.20. The molecular formula is C13H15N3O. The minimum absolute atomic E-state index is 0.425. The van der Waals surface area contributed by atoms with Crippen molar-refractivity contribution in [2.75, 3.05) is 13.2 Å². The van der Waals surface area contributed by atoms with E-state index >= 15 is 0 Å². The van der Waals surface area contributed by atoms with E-state index in [0.717, 1.165) is 13.1 Å². The van der Waals surface area contributed by atoms with Crippen molar-refractivity contribution in [2.24, 2.45) is 0 Å². The molecule has 0 amide bonds. The number of aromatic nitrogens is 2. The lowest BCUT2D eigenvalue weighted by Gasteiger charge is -2.05. The average molecular weight is 229 g/mol. The number of benzene rings is 1. The predicted molar refractivity (Wildman–Crippen MR) is 65.7 cm³/mol. The normalized spacial score (nSPS) is 10.1. The molecule has 0 atom stereocenters. The van der Waals surface area contributed by atoms with Gasteiger partial charge in [0.1, 0.15) is 6.61 Å². The van der Waals surface area contributed by atoms with Crippen LogP contribution in [0.2, 0.25) is 0 Å². The molecule has 1 N–H and O–H groups in total. The van der Waals surface area contributed by atoms with Crippen LogP contribution in [0.5, 0.6) is 6.01 Å². The lowest BCUT2D eigenvalue weighted by atomic mass is 10.2. The molecule has 17 heavy (non-hydrogen) atoms. The van der Waals surface area contributed by atoms with Crippen molar-refractivity contribution >= 4 is 0 Å². The zero-order chi connectivity index (χ0) is 11.8. The molecule has 0 saturated carbocycles. The minimum atomic E-state index is 0.425. The van der Waals surface area contributed by atoms with Crippen molar-refractivity contribution in [2.45, 2.75) is 6.54 Å². The maximum Gasteiger partial charge on any atom is 0.316 e. The Morgan fingerprint density at radius 1 is 1.00 bits per heavy atom. The summed E-state index contributed by atoms with van der Waals surface area (Å²) in [5.74, 6) is 0. The topological polar surface area (TPSA) is 47.0 Å². The molecule has 0 radical (unpaired) electrons. The molecule has 2 aromatic rings. The molecule has 0 saturated heterocycles. The van der Waals surface area contributed by atoms with E-state index in [9.17, 15) is 0 Å². The average Bonchev–Trinajstić information content (AvgIpc) is 2.41. The second kappa shape index (κ2) is 6.60. The Balaban J connectivity index is 1.61. The largest absolute Gasteiger partial charge is 0.462 e. The van der Waals surface area contributed by atoms with E-state index in [1.54, 1.807) is 18.5 Å². The van der Waals surface area contributed by atoms with E-state index in [2.05, 4.69) is 27.4 Å². The van der Waals surface area contributed by atoms with Crippen molar-refractivity contribution < 1.29 is 4.74 Å². The first-order valence-corrected chi connectivity index (χ1v) is 5.59. The molecule has 0 bridgehead atoms. The van der Waals surface area contributed by atoms with Gasteiger partial charge in [0.25, 0.3) is 0 Å². The molecule has 4 nitrogen and oxygen atoms in total. The summed E-state index contributed by atoms with van der Waals surface area (Å²) < 4.78 is 5.36. The number of nitrogens with one attached hydrogen (secondary N) is 1. The molecule has 88 valence electrons. The van der Waals surface area contributed by atoms with Gasteiger partial charge in [0.05, 0.1) is 0 Å². The van der Waals surface area contributed by atoms with Gasteiger partial charge in [-0.1, -0.05) is 30.3 Å². The molecule has 2 rings (SSSR count). The summed E-state index contributed by atoms with van der Waals surface area (Å²) in [4.78, 5) is 7.95. The van der Waals surface area contributed by atoms with E-state index < -0.39 is 0 Å². The number of hydrogen-bond donors (Lipinski definition) is 1. The van der Waals surface area contributed by atoms with Gasteiger partial charge in [-0.2, -0.15) is 0 Å². The van der Waals surface area contributed by atoms with Crippen LogP contribution in [-0.4, -0.2) is 23.1 Å². The molecule has 4 heteroatoms. The number of rotatable bonds is 6. The molecule has 1 heterocycles. The first-order chi connectivity index (χ1) is 8.45. The fourth-order valence-electron chi connectivity index (χ4n) is 1.40. The third kappa shape index (κ3) is 4.20. The van der Waals surface area contributed by atoms with Gasteiger partial charge in [0, 0.05) is 25.5 Å². The van der Waals surface area contributed by atoms with Crippen LogP contribution in [0.25, 0.3) is 0 Å². The van der Waals surface area contributed by atoms with Gasteiger partial charge in [-0.3, -0.25) is 0 Å². The van der Waals surface area contributed by atoms with Crippen LogP contribution >= 0.6 is 0 Å². The maximum absolute atomic E-state index is 5.36. The summed E-state index contributed by atoms with van der Waals surface area (Å²) in [6.45, 7) is 2.18. The fraction of sp³-hybridized carbons (Fsp3) is 0.231. The van der Waals surface area contributed by atoms with Crippen LogP contribution in [0.4, 0.5) is 0 Å². The van der Waals surface area contributed by atoms with Gasteiger partial charge in [0.2, 0.25) is 0 Å². The van der Waals surface area contributed by atoms with Crippen LogP contribution in [0.3, 0.4) is 0 Å². The van der Waals surface area contributed by atoms with Crippen LogP contribution in [0.15, 0.2) is 48.8 Å². The van der Waals surface area contributed by atoms with Gasteiger partial charge >= 0.3 is 6.01 Å². The van der Waals surface area contributed by atoms with E-state index in [0.29, 0.717) is 12.6 Å². The number of hydrogen-bond acceptors (Lipinski definition) is 4. The van der Waals surface area contributed by atoms with E-state index in [4.69, 9.17) is 4.74 Å². The van der Waals surface area contributed by atoms with E-state index in [1.165, 1.54) is 5.56 Å². The molecule has 1 aromatic carbocycles. The summed E-state index contributed by atoms with van der Waals surface area (Å²) in [6, 6.07) is 12.5.